The van der Waals surface area contributed by atoms with Crippen LogP contribution in [0.4, 0.5) is 28.6 Å². The van der Waals surface area contributed by atoms with Gasteiger partial charge in [0.25, 0.3) is 0 Å². The van der Waals surface area contributed by atoms with Crippen LogP contribution in [0.3, 0.4) is 0 Å². The fourth-order valence-electron chi connectivity index (χ4n) is 6.93. The van der Waals surface area contributed by atoms with Crippen LogP contribution in [0.25, 0.3) is 0 Å². The smallest absolute Gasteiger partial charge is 0.156 e. The first-order valence-corrected chi connectivity index (χ1v) is 12.3. The Labute approximate surface area is 199 Å². The van der Waals surface area contributed by atoms with Gasteiger partial charge in [-0.25, -0.2) is 4.98 Å². The van der Waals surface area contributed by atoms with Crippen LogP contribution in [0.2, 0.25) is 5.02 Å². The van der Waals surface area contributed by atoms with Crippen LogP contribution in [0, 0.1) is 17.8 Å². The molecule has 0 spiro atoms. The highest BCUT2D eigenvalue weighted by Crippen LogP contribution is 2.61. The zero-order chi connectivity index (χ0) is 22.4. The first kappa shape index (κ1) is 20.8. The van der Waals surface area contributed by atoms with Crippen molar-refractivity contribution < 1.29 is 5.21 Å². The first-order valence-electron chi connectivity index (χ1n) is 11.9. The first-order chi connectivity index (χ1) is 16.1. The molecular weight excluding hydrogens is 432 g/mol. The van der Waals surface area contributed by atoms with E-state index in [-0.39, 0.29) is 0 Å². The maximum atomic E-state index is 9.24. The Hall–Kier alpha value is -2.76. The van der Waals surface area contributed by atoms with Crippen LogP contribution in [0.5, 0.6) is 0 Å². The molecule has 170 valence electrons. The summed E-state index contributed by atoms with van der Waals surface area (Å²) in [6.45, 7) is 0. The van der Waals surface area contributed by atoms with Crippen LogP contribution in [0.15, 0.2) is 60.8 Å². The van der Waals surface area contributed by atoms with Crippen molar-refractivity contribution in [3.8, 4) is 0 Å². The molecule has 3 aromatic rings. The van der Waals surface area contributed by atoms with Crippen molar-refractivity contribution in [1.82, 2.24) is 4.98 Å². The largest absolute Gasteiger partial charge is 0.354 e. The summed E-state index contributed by atoms with van der Waals surface area (Å²) >= 11 is 6.78. The average Bonchev–Trinajstić information content (AvgIpc) is 2.81. The number of nitrogens with one attached hydrogen (secondary N) is 3. The van der Waals surface area contributed by atoms with E-state index < -0.39 is 0 Å². The van der Waals surface area contributed by atoms with Crippen molar-refractivity contribution in [1.29, 1.82) is 0 Å². The van der Waals surface area contributed by atoms with Crippen molar-refractivity contribution in [2.75, 3.05) is 16.1 Å². The van der Waals surface area contributed by atoms with Crippen molar-refractivity contribution in [2.24, 2.45) is 17.8 Å². The zero-order valence-electron chi connectivity index (χ0n) is 18.5. The minimum absolute atomic E-state index is 0.359. The fourth-order valence-corrected chi connectivity index (χ4v) is 7.16. The second-order valence-corrected chi connectivity index (χ2v) is 10.6. The van der Waals surface area contributed by atoms with Crippen molar-refractivity contribution in [3.63, 3.8) is 0 Å². The minimum atomic E-state index is 0.359. The van der Waals surface area contributed by atoms with Crippen LogP contribution in [0.1, 0.15) is 44.1 Å². The van der Waals surface area contributed by atoms with Gasteiger partial charge >= 0.3 is 0 Å². The van der Waals surface area contributed by atoms with Crippen molar-refractivity contribution in [2.45, 2.75) is 43.9 Å². The van der Waals surface area contributed by atoms with Gasteiger partial charge in [0.2, 0.25) is 0 Å². The third-order valence-corrected chi connectivity index (χ3v) is 8.29. The molecule has 0 radical (unpaired) electrons. The lowest BCUT2D eigenvalue weighted by Gasteiger charge is -2.57. The maximum Gasteiger partial charge on any atom is 0.156 e. The Balaban J connectivity index is 1.17. The van der Waals surface area contributed by atoms with Gasteiger partial charge < -0.3 is 10.6 Å². The molecule has 4 bridgehead atoms. The molecule has 5 nitrogen and oxygen atoms in total. The second-order valence-electron chi connectivity index (χ2n) is 10.2. The Morgan fingerprint density at radius 2 is 1.45 bits per heavy atom. The lowest BCUT2D eigenvalue weighted by atomic mass is 9.48. The Bertz CT molecular complexity index is 1130. The minimum Gasteiger partial charge on any atom is -0.354 e. The zero-order valence-corrected chi connectivity index (χ0v) is 19.3. The SMILES string of the molecule is ONc1cccnc1Nc1ccc(Nc2ccc(C34CC5CC(CC(C5)C3)C4)cc2Cl)cc1. The number of nitrogens with zero attached hydrogens (tertiary/aromatic N) is 1. The number of aromatic nitrogens is 1. The van der Waals surface area contributed by atoms with Gasteiger partial charge in [0.1, 0.15) is 5.69 Å². The number of rotatable bonds is 6. The molecule has 6 heteroatoms. The third kappa shape index (κ3) is 3.94. The van der Waals surface area contributed by atoms with Gasteiger partial charge in [0, 0.05) is 17.6 Å². The number of anilines is 5. The molecule has 0 atom stereocenters. The van der Waals surface area contributed by atoms with Gasteiger partial charge in [-0.1, -0.05) is 17.7 Å². The van der Waals surface area contributed by atoms with Crippen LogP contribution >= 0.6 is 11.6 Å². The molecule has 33 heavy (non-hydrogen) atoms. The highest BCUT2D eigenvalue weighted by Gasteiger charge is 2.51. The third-order valence-electron chi connectivity index (χ3n) is 7.97. The Morgan fingerprint density at radius 1 is 0.818 bits per heavy atom. The molecule has 4 aliphatic carbocycles. The van der Waals surface area contributed by atoms with Crippen LogP contribution in [-0.2, 0) is 5.41 Å². The highest BCUT2D eigenvalue weighted by molar-refractivity contribution is 6.33. The predicted molar refractivity (Wildman–Crippen MR) is 134 cm³/mol. The molecule has 4 N–H and O–H groups in total. The summed E-state index contributed by atoms with van der Waals surface area (Å²) in [5, 5.41) is 16.7. The van der Waals surface area contributed by atoms with E-state index in [0.717, 1.165) is 39.8 Å². The Kier molecular flexibility index (Phi) is 5.19. The van der Waals surface area contributed by atoms with Gasteiger partial charge in [0.15, 0.2) is 5.82 Å². The van der Waals surface area contributed by atoms with Gasteiger partial charge in [-0.05, 0) is 116 Å². The highest BCUT2D eigenvalue weighted by atomic mass is 35.5. The molecule has 2 aromatic carbocycles. The van der Waals surface area contributed by atoms with E-state index in [2.05, 4.69) is 39.3 Å². The molecule has 1 aromatic heterocycles. The summed E-state index contributed by atoms with van der Waals surface area (Å²) in [5.74, 6) is 3.34. The maximum absolute atomic E-state index is 9.24. The number of halogens is 1. The van der Waals surface area contributed by atoms with E-state index in [4.69, 9.17) is 11.6 Å². The van der Waals surface area contributed by atoms with Gasteiger partial charge in [0.05, 0.1) is 10.7 Å². The van der Waals surface area contributed by atoms with E-state index in [0.29, 0.717) is 16.9 Å². The van der Waals surface area contributed by atoms with Crippen molar-refractivity contribution in [3.05, 3.63) is 71.4 Å². The molecule has 4 saturated carbocycles. The van der Waals surface area contributed by atoms with E-state index in [1.807, 2.05) is 24.3 Å². The van der Waals surface area contributed by atoms with E-state index in [9.17, 15) is 5.21 Å². The number of hydrogen-bond donors (Lipinski definition) is 4. The Morgan fingerprint density at radius 3 is 2.06 bits per heavy atom. The monoisotopic (exact) mass is 460 g/mol. The number of pyridine rings is 1. The summed E-state index contributed by atoms with van der Waals surface area (Å²) in [7, 11) is 0. The normalized spacial score (nSPS) is 27.4. The number of hydrogen-bond acceptors (Lipinski definition) is 5. The van der Waals surface area contributed by atoms with Gasteiger partial charge in [-0.15, -0.1) is 0 Å². The van der Waals surface area contributed by atoms with E-state index in [1.54, 1.807) is 18.3 Å². The topological polar surface area (TPSA) is 69.2 Å². The van der Waals surface area contributed by atoms with Crippen LogP contribution < -0.4 is 16.1 Å². The molecule has 4 aliphatic rings. The fraction of sp³-hybridized carbons (Fsp3) is 0.370. The molecule has 0 saturated heterocycles. The molecule has 1 heterocycles. The second kappa shape index (κ2) is 8.23. The summed E-state index contributed by atoms with van der Waals surface area (Å²) in [6, 6.07) is 18.1. The predicted octanol–water partition coefficient (Wildman–Crippen LogP) is 7.49. The standard InChI is InChI=1S/C27H29ClN4O/c28-23-13-20(27-14-17-10-18(15-27)12-19(11-17)16-27)3-8-24(23)30-21-4-6-22(7-5-21)31-26-25(32-33)2-1-9-29-26/h1-9,13,17-19,30,32-33H,10-12,14-16H2,(H,29,31). The summed E-state index contributed by atoms with van der Waals surface area (Å²) in [6.07, 6.45) is 10.1. The van der Waals surface area contributed by atoms with E-state index in [1.165, 1.54) is 44.1 Å². The molecule has 7 rings (SSSR count). The van der Waals surface area contributed by atoms with Gasteiger partial charge in [-0.2, -0.15) is 0 Å². The molecule has 4 fully saturated rings. The quantitative estimate of drug-likeness (QED) is 0.287. The molecule has 0 unspecified atom stereocenters. The van der Waals surface area contributed by atoms with E-state index >= 15 is 0 Å². The van der Waals surface area contributed by atoms with Crippen LogP contribution in [-0.4, -0.2) is 10.2 Å². The summed E-state index contributed by atoms with van der Waals surface area (Å²) < 4.78 is 0. The molecule has 0 aliphatic heterocycles. The van der Waals surface area contributed by atoms with Gasteiger partial charge in [-0.3, -0.25) is 10.7 Å². The molecule has 0 amide bonds. The molecular formula is C27H29ClN4O. The lowest BCUT2D eigenvalue weighted by Crippen LogP contribution is -2.48. The summed E-state index contributed by atoms with van der Waals surface area (Å²) in [5.41, 5.74) is 7.25. The lowest BCUT2D eigenvalue weighted by molar-refractivity contribution is -0.00517. The van der Waals surface area contributed by atoms with Crippen molar-refractivity contribution >= 4 is 40.2 Å². The number of benzene rings is 2. The average molecular weight is 461 g/mol. The summed E-state index contributed by atoms with van der Waals surface area (Å²) in [4.78, 5) is 4.26.